The van der Waals surface area contributed by atoms with Crippen LogP contribution in [0.4, 0.5) is 0 Å². The number of hydrogen-bond acceptors (Lipinski definition) is 5. The molecule has 160 valence electrons. The third-order valence-electron chi connectivity index (χ3n) is 6.76. The van der Waals surface area contributed by atoms with Crippen molar-refractivity contribution in [3.63, 3.8) is 0 Å². The number of amides is 2. The molecule has 4 aliphatic rings. The van der Waals surface area contributed by atoms with Crippen molar-refractivity contribution in [2.75, 3.05) is 6.54 Å². The standard InChI is InChI=1S/C23H30N4O3/c1-23(2)11-20(28)27(22(24)26-23)12-14-9-16(14)21(29)25-17-10-19(13-7-8-13)30-18-6-4-3-5-15(17)18/h3-6,13-14,16-17,19H,7-12H2,1-2H3,(H2,24,26)(H,25,29). The number of nitrogens with one attached hydrogen (secondary N) is 1. The van der Waals surface area contributed by atoms with Crippen molar-refractivity contribution in [2.24, 2.45) is 28.5 Å². The van der Waals surface area contributed by atoms with Crippen molar-refractivity contribution < 1.29 is 14.3 Å². The number of para-hydroxylation sites is 1. The van der Waals surface area contributed by atoms with Crippen molar-refractivity contribution in [3.05, 3.63) is 29.8 Å². The molecule has 3 N–H and O–H groups in total. The second-order valence-corrected chi connectivity index (χ2v) is 9.89. The van der Waals surface area contributed by atoms with E-state index in [0.717, 1.165) is 24.2 Å². The van der Waals surface area contributed by atoms with E-state index in [2.05, 4.69) is 10.3 Å². The molecule has 2 saturated carbocycles. The van der Waals surface area contributed by atoms with Gasteiger partial charge in [-0.2, -0.15) is 0 Å². The maximum Gasteiger partial charge on any atom is 0.231 e. The van der Waals surface area contributed by atoms with Crippen LogP contribution in [0, 0.1) is 17.8 Å². The van der Waals surface area contributed by atoms with Gasteiger partial charge in [-0.3, -0.25) is 14.5 Å². The number of nitrogens with two attached hydrogens (primary N) is 1. The first kappa shape index (κ1) is 19.4. The lowest BCUT2D eigenvalue weighted by molar-refractivity contribution is -0.130. The highest BCUT2D eigenvalue weighted by Crippen LogP contribution is 2.45. The zero-order valence-corrected chi connectivity index (χ0v) is 17.6. The van der Waals surface area contributed by atoms with Gasteiger partial charge in [0.05, 0.1) is 18.0 Å². The van der Waals surface area contributed by atoms with Gasteiger partial charge in [-0.15, -0.1) is 0 Å². The van der Waals surface area contributed by atoms with Gasteiger partial charge in [0.15, 0.2) is 5.96 Å². The number of carbonyl (C=O) groups excluding carboxylic acids is 2. The number of rotatable bonds is 5. The average molecular weight is 411 g/mol. The molecule has 2 aliphatic heterocycles. The van der Waals surface area contributed by atoms with Gasteiger partial charge in [0, 0.05) is 24.4 Å². The maximum atomic E-state index is 13.0. The van der Waals surface area contributed by atoms with E-state index in [1.54, 1.807) is 4.90 Å². The Balaban J connectivity index is 1.22. The van der Waals surface area contributed by atoms with Crippen LogP contribution in [-0.2, 0) is 9.59 Å². The number of fused-ring (bicyclic) bond motifs is 1. The van der Waals surface area contributed by atoms with E-state index >= 15 is 0 Å². The molecule has 4 unspecified atom stereocenters. The summed E-state index contributed by atoms with van der Waals surface area (Å²) in [6, 6.07) is 7.99. The smallest absolute Gasteiger partial charge is 0.231 e. The molecule has 2 heterocycles. The minimum atomic E-state index is -0.452. The highest BCUT2D eigenvalue weighted by atomic mass is 16.5. The Morgan fingerprint density at radius 1 is 1.30 bits per heavy atom. The quantitative estimate of drug-likeness (QED) is 0.779. The lowest BCUT2D eigenvalue weighted by atomic mass is 9.94. The summed E-state index contributed by atoms with van der Waals surface area (Å²) in [6.45, 7) is 4.28. The van der Waals surface area contributed by atoms with Crippen LogP contribution < -0.4 is 15.8 Å². The van der Waals surface area contributed by atoms with Gasteiger partial charge in [0.2, 0.25) is 11.8 Å². The van der Waals surface area contributed by atoms with Gasteiger partial charge in [0.25, 0.3) is 0 Å². The number of ether oxygens (including phenoxy) is 1. The molecule has 0 spiro atoms. The Labute approximate surface area is 177 Å². The maximum absolute atomic E-state index is 13.0. The summed E-state index contributed by atoms with van der Waals surface area (Å²) in [6.07, 6.45) is 4.56. The van der Waals surface area contributed by atoms with E-state index in [4.69, 9.17) is 10.5 Å². The molecule has 0 saturated heterocycles. The number of carbonyl (C=O) groups is 2. The fourth-order valence-corrected chi connectivity index (χ4v) is 4.82. The van der Waals surface area contributed by atoms with E-state index in [-0.39, 0.29) is 41.8 Å². The topological polar surface area (TPSA) is 97.0 Å². The first-order valence-corrected chi connectivity index (χ1v) is 11.0. The van der Waals surface area contributed by atoms with Gasteiger partial charge in [-0.05, 0) is 51.0 Å². The van der Waals surface area contributed by atoms with Crippen molar-refractivity contribution in [1.82, 2.24) is 10.2 Å². The fourth-order valence-electron chi connectivity index (χ4n) is 4.82. The molecule has 7 nitrogen and oxygen atoms in total. The van der Waals surface area contributed by atoms with Crippen LogP contribution in [0.2, 0.25) is 0 Å². The molecule has 2 fully saturated rings. The van der Waals surface area contributed by atoms with E-state index < -0.39 is 5.54 Å². The van der Waals surface area contributed by atoms with Crippen LogP contribution in [0.5, 0.6) is 5.75 Å². The summed E-state index contributed by atoms with van der Waals surface area (Å²) < 4.78 is 6.18. The van der Waals surface area contributed by atoms with Gasteiger partial charge in [-0.1, -0.05) is 18.2 Å². The van der Waals surface area contributed by atoms with Crippen LogP contribution in [-0.4, -0.2) is 40.9 Å². The molecular formula is C23H30N4O3. The van der Waals surface area contributed by atoms with E-state index in [0.29, 0.717) is 18.9 Å². The van der Waals surface area contributed by atoms with Crippen LogP contribution in [0.3, 0.4) is 0 Å². The Morgan fingerprint density at radius 2 is 2.07 bits per heavy atom. The summed E-state index contributed by atoms with van der Waals surface area (Å²) in [5.41, 5.74) is 6.64. The van der Waals surface area contributed by atoms with Gasteiger partial charge in [0.1, 0.15) is 11.9 Å². The largest absolute Gasteiger partial charge is 0.490 e. The minimum Gasteiger partial charge on any atom is -0.490 e. The molecule has 0 aromatic heterocycles. The van der Waals surface area contributed by atoms with Gasteiger partial charge >= 0.3 is 0 Å². The number of hydrogen-bond donors (Lipinski definition) is 2. The third-order valence-corrected chi connectivity index (χ3v) is 6.76. The molecule has 2 aliphatic carbocycles. The summed E-state index contributed by atoms with van der Waals surface area (Å²) in [5, 5.41) is 3.27. The highest BCUT2D eigenvalue weighted by molar-refractivity contribution is 5.99. The molecule has 30 heavy (non-hydrogen) atoms. The third kappa shape index (κ3) is 3.77. The number of aliphatic imine (C=N–C) groups is 1. The molecule has 1 aromatic rings. The normalized spacial score (nSPS) is 32.0. The van der Waals surface area contributed by atoms with E-state index in [9.17, 15) is 9.59 Å². The lowest BCUT2D eigenvalue weighted by Crippen LogP contribution is -2.50. The van der Waals surface area contributed by atoms with Crippen molar-refractivity contribution in [3.8, 4) is 5.75 Å². The van der Waals surface area contributed by atoms with Crippen molar-refractivity contribution in [2.45, 2.75) is 63.6 Å². The monoisotopic (exact) mass is 410 g/mol. The first-order valence-electron chi connectivity index (χ1n) is 11.0. The Kier molecular flexibility index (Phi) is 4.52. The molecule has 0 bridgehead atoms. The average Bonchev–Trinajstić information content (AvgIpc) is 3.58. The minimum absolute atomic E-state index is 0.0100. The van der Waals surface area contributed by atoms with E-state index in [1.165, 1.54) is 12.8 Å². The Morgan fingerprint density at radius 3 is 2.80 bits per heavy atom. The second kappa shape index (κ2) is 7.00. The molecule has 4 atom stereocenters. The van der Waals surface area contributed by atoms with Crippen LogP contribution in [0.1, 0.15) is 57.6 Å². The summed E-state index contributed by atoms with van der Waals surface area (Å²) >= 11 is 0. The number of nitrogens with zero attached hydrogens (tertiary/aromatic N) is 2. The number of benzene rings is 1. The SMILES string of the molecule is CC1(C)CC(=O)N(CC2CC2C(=O)NC2CC(C3CC3)Oc3ccccc32)C(N)=N1. The lowest BCUT2D eigenvalue weighted by Gasteiger charge is -2.33. The predicted molar refractivity (Wildman–Crippen MR) is 113 cm³/mol. The van der Waals surface area contributed by atoms with E-state index in [1.807, 2.05) is 38.1 Å². The molecular weight excluding hydrogens is 380 g/mol. The Hall–Kier alpha value is -2.57. The van der Waals surface area contributed by atoms with Crippen LogP contribution in [0.25, 0.3) is 0 Å². The molecule has 7 heteroatoms. The predicted octanol–water partition coefficient (Wildman–Crippen LogP) is 2.37. The Bertz CT molecular complexity index is 907. The van der Waals surface area contributed by atoms with Gasteiger partial charge in [-0.25, -0.2) is 4.99 Å². The zero-order chi connectivity index (χ0) is 21.0. The zero-order valence-electron chi connectivity index (χ0n) is 17.6. The first-order chi connectivity index (χ1) is 14.3. The second-order valence-electron chi connectivity index (χ2n) is 9.89. The summed E-state index contributed by atoms with van der Waals surface area (Å²) in [7, 11) is 0. The summed E-state index contributed by atoms with van der Waals surface area (Å²) in [5.74, 6) is 1.90. The van der Waals surface area contributed by atoms with Crippen LogP contribution >= 0.6 is 0 Å². The van der Waals surface area contributed by atoms with Crippen molar-refractivity contribution in [1.29, 1.82) is 0 Å². The molecule has 0 radical (unpaired) electrons. The summed E-state index contributed by atoms with van der Waals surface area (Å²) in [4.78, 5) is 31.4. The highest BCUT2D eigenvalue weighted by Gasteiger charge is 2.47. The van der Waals surface area contributed by atoms with Crippen LogP contribution in [0.15, 0.2) is 29.3 Å². The van der Waals surface area contributed by atoms with Crippen molar-refractivity contribution >= 4 is 17.8 Å². The molecule has 5 rings (SSSR count). The fraction of sp³-hybridized carbons (Fsp3) is 0.609. The van der Waals surface area contributed by atoms with Gasteiger partial charge < -0.3 is 15.8 Å². The molecule has 1 aromatic carbocycles. The number of guanidine groups is 1. The molecule has 2 amide bonds.